The Morgan fingerprint density at radius 2 is 1.95 bits per heavy atom. The third kappa shape index (κ3) is 2.25. The van der Waals surface area contributed by atoms with Crippen molar-refractivity contribution in [3.63, 3.8) is 0 Å². The molecule has 2 fully saturated rings. The van der Waals surface area contributed by atoms with E-state index in [0.29, 0.717) is 12.1 Å². The SMILES string of the molecule is CSC1CC2CCC(C1)N2C(=O)c1ccc2nsnc2c1. The van der Waals surface area contributed by atoms with Crippen LogP contribution in [-0.4, -0.2) is 43.1 Å². The second-order valence-corrected chi connectivity index (χ2v) is 7.56. The Morgan fingerprint density at radius 3 is 2.67 bits per heavy atom. The van der Waals surface area contributed by atoms with Crippen molar-refractivity contribution in [3.8, 4) is 0 Å². The fraction of sp³-hybridized carbons (Fsp3) is 0.533. The number of thioether (sulfide) groups is 1. The van der Waals surface area contributed by atoms with Crippen molar-refractivity contribution in [2.75, 3.05) is 6.26 Å². The Bertz CT molecular complexity index is 672. The van der Waals surface area contributed by atoms with Gasteiger partial charge >= 0.3 is 0 Å². The highest BCUT2D eigenvalue weighted by Crippen LogP contribution is 2.40. The maximum atomic E-state index is 12.9. The number of carbonyl (C=O) groups is 1. The molecule has 1 aromatic heterocycles. The molecule has 0 aliphatic carbocycles. The van der Waals surface area contributed by atoms with Crippen LogP contribution in [0.5, 0.6) is 0 Å². The van der Waals surface area contributed by atoms with Crippen molar-refractivity contribution in [2.45, 2.75) is 43.0 Å². The Morgan fingerprint density at radius 1 is 1.24 bits per heavy atom. The summed E-state index contributed by atoms with van der Waals surface area (Å²) < 4.78 is 8.44. The first-order chi connectivity index (χ1) is 10.3. The molecule has 0 saturated carbocycles. The molecule has 2 aliphatic heterocycles. The predicted octanol–water partition coefficient (Wildman–Crippen LogP) is 3.19. The number of nitrogens with zero attached hydrogens (tertiary/aromatic N) is 3. The van der Waals surface area contributed by atoms with Gasteiger partial charge in [-0.3, -0.25) is 4.79 Å². The molecule has 0 spiro atoms. The summed E-state index contributed by atoms with van der Waals surface area (Å²) in [5.41, 5.74) is 2.47. The molecule has 0 N–H and O–H groups in total. The first-order valence-corrected chi connectivity index (χ1v) is 9.36. The van der Waals surface area contributed by atoms with Crippen molar-refractivity contribution < 1.29 is 4.79 Å². The summed E-state index contributed by atoms with van der Waals surface area (Å²) in [6, 6.07) is 6.55. The van der Waals surface area contributed by atoms with E-state index in [1.54, 1.807) is 0 Å². The van der Waals surface area contributed by atoms with Crippen molar-refractivity contribution in [1.29, 1.82) is 0 Å². The number of hydrogen-bond acceptors (Lipinski definition) is 5. The van der Waals surface area contributed by atoms with Crippen molar-refractivity contribution in [2.24, 2.45) is 0 Å². The molecule has 2 unspecified atom stereocenters. The highest BCUT2D eigenvalue weighted by atomic mass is 32.2. The average molecular weight is 319 g/mol. The molecule has 0 radical (unpaired) electrons. The van der Waals surface area contributed by atoms with Crippen LogP contribution in [0.25, 0.3) is 11.0 Å². The smallest absolute Gasteiger partial charge is 0.254 e. The van der Waals surface area contributed by atoms with Crippen LogP contribution in [0.2, 0.25) is 0 Å². The highest BCUT2D eigenvalue weighted by molar-refractivity contribution is 7.99. The van der Waals surface area contributed by atoms with Gasteiger partial charge in [0.1, 0.15) is 11.0 Å². The third-order valence-electron chi connectivity index (χ3n) is 4.76. The Balaban J connectivity index is 1.62. The average Bonchev–Trinajstić information content (AvgIpc) is 3.08. The molecule has 3 heterocycles. The lowest BCUT2D eigenvalue weighted by Crippen LogP contribution is -2.47. The molecule has 110 valence electrons. The number of benzene rings is 1. The second-order valence-electron chi connectivity index (χ2n) is 5.89. The number of fused-ring (bicyclic) bond motifs is 3. The number of piperidine rings is 1. The largest absolute Gasteiger partial charge is 0.333 e. The summed E-state index contributed by atoms with van der Waals surface area (Å²) >= 11 is 3.15. The molecule has 2 saturated heterocycles. The summed E-state index contributed by atoms with van der Waals surface area (Å²) in [5, 5.41) is 0.719. The van der Waals surface area contributed by atoms with Crippen LogP contribution in [-0.2, 0) is 0 Å². The Kier molecular flexibility index (Phi) is 3.38. The predicted molar refractivity (Wildman–Crippen MR) is 86.9 cm³/mol. The molecule has 2 bridgehead atoms. The quantitative estimate of drug-likeness (QED) is 0.853. The van der Waals surface area contributed by atoms with Crippen molar-refractivity contribution in [1.82, 2.24) is 13.6 Å². The molecule has 2 atom stereocenters. The standard InChI is InChI=1S/C15H17N3OS2/c1-20-12-7-10-3-4-11(8-12)18(10)15(19)9-2-5-13-14(6-9)17-21-16-13/h2,5-6,10-12H,3-4,7-8H2,1H3. The fourth-order valence-electron chi connectivity index (χ4n) is 3.72. The van der Waals surface area contributed by atoms with Crippen LogP contribution in [0.15, 0.2) is 18.2 Å². The van der Waals surface area contributed by atoms with Crippen LogP contribution >= 0.6 is 23.5 Å². The lowest BCUT2D eigenvalue weighted by molar-refractivity contribution is 0.0602. The minimum absolute atomic E-state index is 0.178. The normalized spacial score (nSPS) is 28.2. The van der Waals surface area contributed by atoms with Gasteiger partial charge < -0.3 is 4.90 Å². The number of aromatic nitrogens is 2. The van der Waals surface area contributed by atoms with E-state index in [4.69, 9.17) is 0 Å². The lowest BCUT2D eigenvalue weighted by Gasteiger charge is -2.38. The Hall–Kier alpha value is -1.14. The summed E-state index contributed by atoms with van der Waals surface area (Å²) in [4.78, 5) is 15.0. The van der Waals surface area contributed by atoms with E-state index in [-0.39, 0.29) is 5.91 Å². The number of amides is 1. The van der Waals surface area contributed by atoms with Gasteiger partial charge in [-0.1, -0.05) is 0 Å². The number of hydrogen-bond donors (Lipinski definition) is 0. The van der Waals surface area contributed by atoms with E-state index in [2.05, 4.69) is 19.9 Å². The molecule has 21 heavy (non-hydrogen) atoms. The van der Waals surface area contributed by atoms with Gasteiger partial charge in [0.15, 0.2) is 0 Å². The topological polar surface area (TPSA) is 46.1 Å². The van der Waals surface area contributed by atoms with Gasteiger partial charge in [-0.25, -0.2) is 0 Å². The van der Waals surface area contributed by atoms with E-state index in [9.17, 15) is 4.79 Å². The minimum atomic E-state index is 0.178. The monoisotopic (exact) mass is 319 g/mol. The molecular formula is C15H17N3OS2. The Labute approximate surface area is 132 Å². The summed E-state index contributed by atoms with van der Waals surface area (Å²) in [7, 11) is 0. The number of carbonyl (C=O) groups excluding carboxylic acids is 1. The molecular weight excluding hydrogens is 302 g/mol. The summed E-state index contributed by atoms with van der Waals surface area (Å²) in [5.74, 6) is 0.178. The second kappa shape index (κ2) is 5.25. The van der Waals surface area contributed by atoms with Crippen LogP contribution in [0.4, 0.5) is 0 Å². The zero-order valence-electron chi connectivity index (χ0n) is 11.9. The molecule has 2 aliphatic rings. The van der Waals surface area contributed by atoms with Crippen LogP contribution in [0.3, 0.4) is 0 Å². The zero-order chi connectivity index (χ0) is 14.4. The molecule has 2 aromatic rings. The molecule has 4 nitrogen and oxygen atoms in total. The minimum Gasteiger partial charge on any atom is -0.333 e. The maximum Gasteiger partial charge on any atom is 0.254 e. The van der Waals surface area contributed by atoms with Crippen LogP contribution in [0, 0.1) is 0 Å². The van der Waals surface area contributed by atoms with Gasteiger partial charge in [-0.05, 0) is 50.1 Å². The molecule has 1 amide bonds. The van der Waals surface area contributed by atoms with Gasteiger partial charge in [0.2, 0.25) is 0 Å². The summed E-state index contributed by atoms with van der Waals surface area (Å²) in [6.07, 6.45) is 6.79. The molecule has 1 aromatic carbocycles. The van der Waals surface area contributed by atoms with Gasteiger partial charge in [0.05, 0.1) is 11.7 Å². The lowest BCUT2D eigenvalue weighted by atomic mass is 10.0. The van der Waals surface area contributed by atoms with Crippen LogP contribution in [0.1, 0.15) is 36.0 Å². The van der Waals surface area contributed by atoms with Gasteiger partial charge in [0.25, 0.3) is 5.91 Å². The van der Waals surface area contributed by atoms with E-state index >= 15 is 0 Å². The van der Waals surface area contributed by atoms with Crippen molar-refractivity contribution >= 4 is 40.4 Å². The number of rotatable bonds is 2. The highest BCUT2D eigenvalue weighted by Gasteiger charge is 2.43. The van der Waals surface area contributed by atoms with E-state index in [1.807, 2.05) is 30.0 Å². The van der Waals surface area contributed by atoms with E-state index < -0.39 is 0 Å². The molecule has 4 rings (SSSR count). The van der Waals surface area contributed by atoms with Crippen LogP contribution < -0.4 is 0 Å². The van der Waals surface area contributed by atoms with Gasteiger partial charge in [-0.15, -0.1) is 0 Å². The molecule has 6 heteroatoms. The zero-order valence-corrected chi connectivity index (χ0v) is 13.5. The first kappa shape index (κ1) is 13.5. The van der Waals surface area contributed by atoms with E-state index in [0.717, 1.165) is 47.5 Å². The van der Waals surface area contributed by atoms with E-state index in [1.165, 1.54) is 11.7 Å². The first-order valence-electron chi connectivity index (χ1n) is 7.34. The summed E-state index contributed by atoms with van der Waals surface area (Å²) in [6.45, 7) is 0. The van der Waals surface area contributed by atoms with Gasteiger partial charge in [0, 0.05) is 22.9 Å². The van der Waals surface area contributed by atoms with Gasteiger partial charge in [-0.2, -0.15) is 20.5 Å². The fourth-order valence-corrected chi connectivity index (χ4v) is 5.06. The third-order valence-corrected chi connectivity index (χ3v) is 6.37. The maximum absolute atomic E-state index is 12.9. The van der Waals surface area contributed by atoms with Crippen molar-refractivity contribution in [3.05, 3.63) is 23.8 Å².